The molecule has 2 aliphatic rings. The fourth-order valence-electron chi connectivity index (χ4n) is 3.98. The smallest absolute Gasteiger partial charge is 0.299 e. The Labute approximate surface area is 134 Å². The lowest BCUT2D eigenvalue weighted by Crippen LogP contribution is -2.38. The van der Waals surface area contributed by atoms with E-state index in [9.17, 15) is 0 Å². The van der Waals surface area contributed by atoms with Crippen LogP contribution in [0.3, 0.4) is 0 Å². The number of rotatable bonds is 2. The van der Waals surface area contributed by atoms with E-state index in [0.29, 0.717) is 12.1 Å². The molecular formula is C18H18N4O. The van der Waals surface area contributed by atoms with Gasteiger partial charge in [0.25, 0.3) is 6.01 Å². The first-order valence-corrected chi connectivity index (χ1v) is 8.12. The molecule has 0 spiro atoms. The topological polar surface area (TPSA) is 47.1 Å². The summed E-state index contributed by atoms with van der Waals surface area (Å²) in [5.41, 5.74) is 4.41. The molecule has 5 nitrogen and oxygen atoms in total. The first-order chi connectivity index (χ1) is 11.3. The average Bonchev–Trinajstić information content (AvgIpc) is 3.23. The van der Waals surface area contributed by atoms with Crippen LogP contribution in [0.2, 0.25) is 0 Å². The van der Waals surface area contributed by atoms with Crippen molar-refractivity contribution in [1.82, 2.24) is 14.8 Å². The Hall–Kier alpha value is -2.56. The molecule has 5 heteroatoms. The molecule has 1 aromatic carbocycles. The second kappa shape index (κ2) is 4.72. The molecule has 2 aromatic heterocycles. The number of para-hydroxylation sites is 2. The van der Waals surface area contributed by atoms with E-state index in [4.69, 9.17) is 9.40 Å². The number of aromatic nitrogens is 3. The third kappa shape index (κ3) is 1.92. The van der Waals surface area contributed by atoms with Gasteiger partial charge in [-0.05, 0) is 43.0 Å². The zero-order chi connectivity index (χ0) is 15.4. The zero-order valence-electron chi connectivity index (χ0n) is 13.0. The van der Waals surface area contributed by atoms with Crippen LogP contribution in [0.1, 0.15) is 25.0 Å². The monoisotopic (exact) mass is 306 g/mol. The minimum atomic E-state index is 0.367. The zero-order valence-corrected chi connectivity index (χ0v) is 13.0. The van der Waals surface area contributed by atoms with Crippen molar-refractivity contribution in [2.45, 2.75) is 31.3 Å². The van der Waals surface area contributed by atoms with E-state index in [1.807, 2.05) is 42.2 Å². The van der Waals surface area contributed by atoms with E-state index in [1.54, 1.807) is 0 Å². The molecule has 0 N–H and O–H groups in total. The quantitative estimate of drug-likeness (QED) is 0.728. The maximum absolute atomic E-state index is 6.01. The van der Waals surface area contributed by atoms with Crippen molar-refractivity contribution in [3.63, 3.8) is 0 Å². The largest absolute Gasteiger partial charge is 0.423 e. The summed E-state index contributed by atoms with van der Waals surface area (Å²) in [5.74, 6) is 0. The fourth-order valence-corrected chi connectivity index (χ4v) is 3.98. The van der Waals surface area contributed by atoms with Crippen LogP contribution in [-0.2, 0) is 7.05 Å². The number of aryl methyl sites for hydroxylation is 1. The molecule has 0 saturated carbocycles. The first kappa shape index (κ1) is 12.9. The Morgan fingerprint density at radius 3 is 2.87 bits per heavy atom. The molecule has 0 radical (unpaired) electrons. The number of anilines is 1. The van der Waals surface area contributed by atoms with Crippen LogP contribution >= 0.6 is 0 Å². The third-order valence-corrected chi connectivity index (χ3v) is 5.05. The van der Waals surface area contributed by atoms with Crippen LogP contribution in [-0.4, -0.2) is 26.8 Å². The Kier molecular flexibility index (Phi) is 2.65. The summed E-state index contributed by atoms with van der Waals surface area (Å²) < 4.78 is 7.96. The Morgan fingerprint density at radius 2 is 2.09 bits per heavy atom. The van der Waals surface area contributed by atoms with Gasteiger partial charge in [0.1, 0.15) is 5.52 Å². The summed E-state index contributed by atoms with van der Waals surface area (Å²) in [4.78, 5) is 7.06. The number of nitrogens with zero attached hydrogens (tertiary/aromatic N) is 4. The van der Waals surface area contributed by atoms with Crippen LogP contribution in [0, 0.1) is 0 Å². The van der Waals surface area contributed by atoms with E-state index in [1.165, 1.54) is 17.7 Å². The van der Waals surface area contributed by atoms with E-state index < -0.39 is 0 Å². The molecule has 2 bridgehead atoms. The SMILES string of the molecule is Cn1nccc1C1=C[C@H]2CC[C@@H](C1)N2c1nc2ccccc2o1. The van der Waals surface area contributed by atoms with Gasteiger partial charge in [0, 0.05) is 19.3 Å². The average molecular weight is 306 g/mol. The second-order valence-electron chi connectivity index (χ2n) is 6.41. The van der Waals surface area contributed by atoms with Gasteiger partial charge < -0.3 is 9.32 Å². The van der Waals surface area contributed by atoms with Gasteiger partial charge in [-0.3, -0.25) is 4.68 Å². The van der Waals surface area contributed by atoms with Crippen LogP contribution in [0.4, 0.5) is 6.01 Å². The minimum absolute atomic E-state index is 0.367. The van der Waals surface area contributed by atoms with Crippen LogP contribution in [0.5, 0.6) is 0 Å². The first-order valence-electron chi connectivity index (χ1n) is 8.12. The summed E-state index contributed by atoms with van der Waals surface area (Å²) in [6.07, 6.45) is 7.60. The molecule has 4 heterocycles. The van der Waals surface area contributed by atoms with Crippen molar-refractivity contribution in [2.75, 3.05) is 4.90 Å². The molecule has 0 aliphatic carbocycles. The molecule has 5 rings (SSSR count). The summed E-state index contributed by atoms with van der Waals surface area (Å²) in [6, 6.07) is 11.7. The summed E-state index contributed by atoms with van der Waals surface area (Å²) in [5, 5.41) is 4.30. The molecular weight excluding hydrogens is 288 g/mol. The molecule has 2 atom stereocenters. The van der Waals surface area contributed by atoms with E-state index in [0.717, 1.165) is 30.0 Å². The van der Waals surface area contributed by atoms with Crippen molar-refractivity contribution in [3.8, 4) is 0 Å². The van der Waals surface area contributed by atoms with Crippen molar-refractivity contribution in [3.05, 3.63) is 48.3 Å². The van der Waals surface area contributed by atoms with Crippen molar-refractivity contribution >= 4 is 22.7 Å². The van der Waals surface area contributed by atoms with Gasteiger partial charge in [-0.15, -0.1) is 0 Å². The second-order valence-corrected chi connectivity index (χ2v) is 6.41. The normalized spacial score (nSPS) is 23.5. The van der Waals surface area contributed by atoms with Gasteiger partial charge in [0.05, 0.1) is 11.7 Å². The Morgan fingerprint density at radius 1 is 1.17 bits per heavy atom. The molecule has 3 aromatic rings. The lowest BCUT2D eigenvalue weighted by Gasteiger charge is -2.32. The highest BCUT2D eigenvalue weighted by Crippen LogP contribution is 2.41. The van der Waals surface area contributed by atoms with Crippen LogP contribution < -0.4 is 4.90 Å². The van der Waals surface area contributed by atoms with E-state index in [2.05, 4.69) is 22.1 Å². The number of oxazole rings is 1. The van der Waals surface area contributed by atoms with E-state index >= 15 is 0 Å². The fraction of sp³-hybridized carbons (Fsp3) is 0.333. The Bertz CT molecular complexity index is 874. The lowest BCUT2D eigenvalue weighted by molar-refractivity contribution is 0.531. The lowest BCUT2D eigenvalue weighted by atomic mass is 9.99. The highest BCUT2D eigenvalue weighted by atomic mass is 16.4. The number of benzene rings is 1. The summed E-state index contributed by atoms with van der Waals surface area (Å²) in [7, 11) is 2.01. The maximum atomic E-state index is 6.01. The van der Waals surface area contributed by atoms with Gasteiger partial charge in [-0.2, -0.15) is 10.1 Å². The molecule has 2 aliphatic heterocycles. The molecule has 1 saturated heterocycles. The van der Waals surface area contributed by atoms with Crippen LogP contribution in [0.15, 0.2) is 47.0 Å². The predicted octanol–water partition coefficient (Wildman–Crippen LogP) is 3.39. The highest BCUT2D eigenvalue weighted by Gasteiger charge is 2.39. The standard InChI is InChI=1S/C18H18N4O/c1-21-16(8-9-19-21)12-10-13-6-7-14(11-12)22(13)18-20-15-4-2-3-5-17(15)23-18/h2-5,8-10,13-14H,6-7,11H2,1H3/t13-,14+/m1/s1. The molecule has 1 fully saturated rings. The number of fused-ring (bicyclic) bond motifs is 3. The van der Waals surface area contributed by atoms with Crippen molar-refractivity contribution in [1.29, 1.82) is 0 Å². The van der Waals surface area contributed by atoms with Crippen LogP contribution in [0.25, 0.3) is 16.7 Å². The number of hydrogen-bond acceptors (Lipinski definition) is 4. The molecule has 116 valence electrons. The maximum Gasteiger partial charge on any atom is 0.299 e. The molecule has 0 unspecified atom stereocenters. The van der Waals surface area contributed by atoms with Gasteiger partial charge in [0.15, 0.2) is 5.58 Å². The van der Waals surface area contributed by atoms with Gasteiger partial charge in [-0.25, -0.2) is 0 Å². The molecule has 23 heavy (non-hydrogen) atoms. The Balaban J connectivity index is 1.54. The predicted molar refractivity (Wildman–Crippen MR) is 89.1 cm³/mol. The van der Waals surface area contributed by atoms with Gasteiger partial charge in [0.2, 0.25) is 0 Å². The number of hydrogen-bond donors (Lipinski definition) is 0. The summed E-state index contributed by atoms with van der Waals surface area (Å²) >= 11 is 0. The summed E-state index contributed by atoms with van der Waals surface area (Å²) in [6.45, 7) is 0. The van der Waals surface area contributed by atoms with Crippen molar-refractivity contribution in [2.24, 2.45) is 7.05 Å². The highest BCUT2D eigenvalue weighted by molar-refractivity contribution is 5.75. The van der Waals surface area contributed by atoms with Gasteiger partial charge >= 0.3 is 0 Å². The molecule has 0 amide bonds. The van der Waals surface area contributed by atoms with Crippen molar-refractivity contribution < 1.29 is 4.42 Å². The van der Waals surface area contributed by atoms with Gasteiger partial charge in [-0.1, -0.05) is 18.2 Å². The minimum Gasteiger partial charge on any atom is -0.423 e. The third-order valence-electron chi connectivity index (χ3n) is 5.05. The van der Waals surface area contributed by atoms with E-state index in [-0.39, 0.29) is 0 Å².